The van der Waals surface area contributed by atoms with Crippen LogP contribution in [0.4, 0.5) is 0 Å². The van der Waals surface area contributed by atoms with Gasteiger partial charge in [-0.15, -0.1) is 0 Å². The molecule has 0 bridgehead atoms. The molecule has 27 heavy (non-hydrogen) atoms. The van der Waals surface area contributed by atoms with Gasteiger partial charge in [0, 0.05) is 18.1 Å². The van der Waals surface area contributed by atoms with Gasteiger partial charge in [0.25, 0.3) is 0 Å². The van der Waals surface area contributed by atoms with Crippen LogP contribution >= 0.6 is 11.6 Å². The molecule has 4 rings (SSSR count). The number of aromatic amines is 2. The van der Waals surface area contributed by atoms with E-state index in [4.69, 9.17) is 11.6 Å². The highest BCUT2D eigenvalue weighted by Gasteiger charge is 2.40. The maximum absolute atomic E-state index is 13.3. The summed E-state index contributed by atoms with van der Waals surface area (Å²) in [6.45, 7) is 0.300. The first kappa shape index (κ1) is 17.8. The topological polar surface area (TPSA) is 115 Å². The SMILES string of the molecule is O=C1NCCN(S(=O)(=O)c2ccc3[nH]c(=O)[nH]c3c2)C1c1ccccc1Cl. The molecule has 1 atom stereocenters. The van der Waals surface area contributed by atoms with Crippen molar-refractivity contribution in [2.45, 2.75) is 10.9 Å². The van der Waals surface area contributed by atoms with E-state index >= 15 is 0 Å². The predicted octanol–water partition coefficient (Wildman–Crippen LogP) is 1.37. The lowest BCUT2D eigenvalue weighted by Gasteiger charge is -2.34. The molecule has 3 aromatic rings. The number of imidazole rings is 1. The maximum atomic E-state index is 13.3. The zero-order valence-corrected chi connectivity index (χ0v) is 15.5. The van der Waals surface area contributed by atoms with Crippen molar-refractivity contribution in [2.24, 2.45) is 0 Å². The number of aromatic nitrogens is 2. The fourth-order valence-corrected chi connectivity index (χ4v) is 5.04. The first-order chi connectivity index (χ1) is 12.9. The van der Waals surface area contributed by atoms with Crippen molar-refractivity contribution in [1.29, 1.82) is 0 Å². The summed E-state index contributed by atoms with van der Waals surface area (Å²) in [5.74, 6) is -0.436. The molecule has 0 spiro atoms. The Morgan fingerprint density at radius 3 is 2.56 bits per heavy atom. The summed E-state index contributed by atoms with van der Waals surface area (Å²) in [7, 11) is -4.01. The van der Waals surface area contributed by atoms with E-state index in [1.54, 1.807) is 24.3 Å². The zero-order chi connectivity index (χ0) is 19.2. The molecule has 1 aromatic heterocycles. The van der Waals surface area contributed by atoms with Gasteiger partial charge in [0.15, 0.2) is 0 Å². The van der Waals surface area contributed by atoms with Crippen molar-refractivity contribution in [1.82, 2.24) is 19.6 Å². The Kier molecular flexibility index (Phi) is 4.29. The van der Waals surface area contributed by atoms with Crippen molar-refractivity contribution in [3.63, 3.8) is 0 Å². The number of nitrogens with one attached hydrogen (secondary N) is 3. The minimum atomic E-state index is -4.01. The standard InChI is InChI=1S/C17H15ClN4O4S/c18-12-4-2-1-3-11(12)15-16(23)19-7-8-22(15)27(25,26)10-5-6-13-14(9-10)21-17(24)20-13/h1-6,9,15H,7-8H2,(H,19,23)(H2,20,21,24). The van der Waals surface area contributed by atoms with Crippen LogP contribution < -0.4 is 11.0 Å². The van der Waals surface area contributed by atoms with E-state index in [-0.39, 0.29) is 18.0 Å². The van der Waals surface area contributed by atoms with E-state index in [1.807, 2.05) is 0 Å². The fourth-order valence-electron chi connectivity index (χ4n) is 3.21. The molecule has 3 N–H and O–H groups in total. The molecule has 0 aliphatic carbocycles. The molecular weight excluding hydrogens is 392 g/mol. The molecule has 1 saturated heterocycles. The smallest absolute Gasteiger partial charge is 0.323 e. The predicted molar refractivity (Wildman–Crippen MR) is 100 cm³/mol. The number of hydrogen-bond donors (Lipinski definition) is 3. The second-order valence-corrected chi connectivity index (χ2v) is 8.42. The lowest BCUT2D eigenvalue weighted by atomic mass is 10.0. The fraction of sp³-hybridized carbons (Fsp3) is 0.176. The van der Waals surface area contributed by atoms with Gasteiger partial charge in [-0.3, -0.25) is 4.79 Å². The van der Waals surface area contributed by atoms with Gasteiger partial charge in [-0.25, -0.2) is 13.2 Å². The van der Waals surface area contributed by atoms with Crippen molar-refractivity contribution in [3.05, 3.63) is 63.5 Å². The molecule has 1 amide bonds. The van der Waals surface area contributed by atoms with Crippen LogP contribution in [-0.4, -0.2) is 41.7 Å². The third-order valence-electron chi connectivity index (χ3n) is 4.46. The van der Waals surface area contributed by atoms with Gasteiger partial charge < -0.3 is 15.3 Å². The molecule has 1 aliphatic rings. The highest BCUT2D eigenvalue weighted by Crippen LogP contribution is 2.33. The number of amides is 1. The first-order valence-corrected chi connectivity index (χ1v) is 9.96. The third-order valence-corrected chi connectivity index (χ3v) is 6.67. The van der Waals surface area contributed by atoms with Crippen LogP contribution in [0.15, 0.2) is 52.2 Å². The summed E-state index contributed by atoms with van der Waals surface area (Å²) in [5, 5.41) is 3.00. The Balaban J connectivity index is 1.83. The average molecular weight is 407 g/mol. The monoisotopic (exact) mass is 406 g/mol. The van der Waals surface area contributed by atoms with Crippen LogP contribution in [0.25, 0.3) is 11.0 Å². The van der Waals surface area contributed by atoms with Crippen LogP contribution in [0.2, 0.25) is 5.02 Å². The average Bonchev–Trinajstić information content (AvgIpc) is 3.01. The number of benzene rings is 2. The molecule has 8 nitrogen and oxygen atoms in total. The van der Waals surface area contributed by atoms with E-state index in [0.29, 0.717) is 21.6 Å². The van der Waals surface area contributed by atoms with E-state index in [2.05, 4.69) is 15.3 Å². The van der Waals surface area contributed by atoms with Gasteiger partial charge in [-0.05, 0) is 29.8 Å². The normalized spacial score (nSPS) is 18.6. The van der Waals surface area contributed by atoms with Gasteiger partial charge in [0.05, 0.1) is 15.9 Å². The van der Waals surface area contributed by atoms with Crippen molar-refractivity contribution in [2.75, 3.05) is 13.1 Å². The summed E-state index contributed by atoms with van der Waals surface area (Å²) >= 11 is 6.22. The van der Waals surface area contributed by atoms with Crippen LogP contribution in [0.5, 0.6) is 0 Å². The molecule has 0 saturated carbocycles. The van der Waals surface area contributed by atoms with Gasteiger partial charge >= 0.3 is 5.69 Å². The molecular formula is C17H15ClN4O4S. The number of halogens is 1. The molecule has 2 heterocycles. The summed E-state index contributed by atoms with van der Waals surface area (Å²) in [6.07, 6.45) is 0. The molecule has 10 heteroatoms. The first-order valence-electron chi connectivity index (χ1n) is 8.14. The van der Waals surface area contributed by atoms with Crippen molar-refractivity contribution >= 4 is 38.6 Å². The number of H-pyrrole nitrogens is 2. The maximum Gasteiger partial charge on any atom is 0.323 e. The zero-order valence-electron chi connectivity index (χ0n) is 13.9. The molecule has 140 valence electrons. The number of sulfonamides is 1. The second-order valence-electron chi connectivity index (χ2n) is 6.12. The Hall–Kier alpha value is -2.62. The minimum Gasteiger partial charge on any atom is -0.353 e. The van der Waals surface area contributed by atoms with Crippen LogP contribution in [0, 0.1) is 0 Å². The number of fused-ring (bicyclic) bond motifs is 1. The van der Waals surface area contributed by atoms with E-state index in [1.165, 1.54) is 18.2 Å². The summed E-state index contributed by atoms with van der Waals surface area (Å²) in [5.41, 5.74) is 0.858. The van der Waals surface area contributed by atoms with Gasteiger partial charge in [-0.2, -0.15) is 4.31 Å². The van der Waals surface area contributed by atoms with Crippen LogP contribution in [-0.2, 0) is 14.8 Å². The van der Waals surface area contributed by atoms with Gasteiger partial charge in [0.1, 0.15) is 6.04 Å². The lowest BCUT2D eigenvalue weighted by molar-refractivity contribution is -0.126. The highest BCUT2D eigenvalue weighted by molar-refractivity contribution is 7.89. The summed E-state index contributed by atoms with van der Waals surface area (Å²) < 4.78 is 27.7. The third kappa shape index (κ3) is 3.03. The number of nitrogens with zero attached hydrogens (tertiary/aromatic N) is 1. The van der Waals surface area contributed by atoms with Crippen LogP contribution in [0.1, 0.15) is 11.6 Å². The summed E-state index contributed by atoms with van der Waals surface area (Å²) in [6, 6.07) is 9.86. The quantitative estimate of drug-likeness (QED) is 0.609. The number of carbonyl (C=O) groups excluding carboxylic acids is 1. The molecule has 1 unspecified atom stereocenters. The number of carbonyl (C=O) groups is 1. The number of piperazine rings is 1. The number of rotatable bonds is 3. The summed E-state index contributed by atoms with van der Waals surface area (Å²) in [4.78, 5) is 29.0. The second kappa shape index (κ2) is 6.52. The van der Waals surface area contributed by atoms with E-state index in [9.17, 15) is 18.0 Å². The Bertz CT molecular complexity index is 1200. The highest BCUT2D eigenvalue weighted by atomic mass is 35.5. The Morgan fingerprint density at radius 1 is 1.04 bits per heavy atom. The lowest BCUT2D eigenvalue weighted by Crippen LogP contribution is -2.52. The van der Waals surface area contributed by atoms with Crippen LogP contribution in [0.3, 0.4) is 0 Å². The Morgan fingerprint density at radius 2 is 1.78 bits per heavy atom. The molecule has 1 aliphatic heterocycles. The van der Waals surface area contributed by atoms with E-state index in [0.717, 1.165) is 4.31 Å². The Labute approximate surface area is 159 Å². The van der Waals surface area contributed by atoms with Gasteiger partial charge in [-0.1, -0.05) is 29.8 Å². The molecule has 0 radical (unpaired) electrons. The van der Waals surface area contributed by atoms with Crippen molar-refractivity contribution in [3.8, 4) is 0 Å². The van der Waals surface area contributed by atoms with Crippen molar-refractivity contribution < 1.29 is 13.2 Å². The number of hydrogen-bond acceptors (Lipinski definition) is 4. The minimum absolute atomic E-state index is 0.0167. The van der Waals surface area contributed by atoms with Gasteiger partial charge in [0.2, 0.25) is 15.9 Å². The van der Waals surface area contributed by atoms with E-state index < -0.39 is 27.7 Å². The molecule has 2 aromatic carbocycles. The molecule has 1 fully saturated rings. The largest absolute Gasteiger partial charge is 0.353 e.